The maximum Gasteiger partial charge on any atom is 0.346 e. The number of hydrogen-bond acceptors (Lipinski definition) is 5. The molecule has 1 aromatic rings. The summed E-state index contributed by atoms with van der Waals surface area (Å²) in [7, 11) is -5.24. The third-order valence-corrected chi connectivity index (χ3v) is 3.46. The molecule has 5 N–H and O–H groups in total. The average Bonchev–Trinajstić information content (AvgIpc) is 2.28. The van der Waals surface area contributed by atoms with E-state index in [9.17, 15) is 14.2 Å². The lowest BCUT2D eigenvalue weighted by Crippen LogP contribution is -2.43. The Morgan fingerprint density at radius 3 is 1.90 bits per heavy atom. The van der Waals surface area contributed by atoms with Gasteiger partial charge in [0.15, 0.2) is 0 Å². The van der Waals surface area contributed by atoms with Gasteiger partial charge in [0, 0.05) is 0 Å². The van der Waals surface area contributed by atoms with Crippen LogP contribution in [0, 0.1) is 0 Å². The summed E-state index contributed by atoms with van der Waals surface area (Å²) in [5, 5.41) is 26.7. The molecule has 0 aliphatic heterocycles. The summed E-state index contributed by atoms with van der Waals surface area (Å²) in [6.45, 7) is 0. The molecule has 10 heteroatoms. The molecule has 9 nitrogen and oxygen atoms in total. The minimum absolute atomic E-state index is 0.144. The molecular weight excluding hydrogens is 295 g/mol. The van der Waals surface area contributed by atoms with E-state index in [1.807, 2.05) is 0 Å². The average molecular weight is 306 g/mol. The van der Waals surface area contributed by atoms with E-state index < -0.39 is 31.3 Å². The van der Waals surface area contributed by atoms with E-state index >= 15 is 0 Å². The Bertz CT molecular complexity index is 546. The Morgan fingerprint density at radius 1 is 1.05 bits per heavy atom. The maximum atomic E-state index is 11.1. The number of aliphatic carboxylic acids is 2. The Kier molecular flexibility index (Phi) is 4.72. The van der Waals surface area contributed by atoms with Crippen molar-refractivity contribution in [2.75, 3.05) is 0 Å². The van der Waals surface area contributed by atoms with Gasteiger partial charge in [-0.25, -0.2) is 4.79 Å². The molecule has 0 fully saturated rings. The molecule has 0 amide bonds. The smallest absolute Gasteiger partial charge is 0.346 e. The van der Waals surface area contributed by atoms with Crippen LogP contribution in [0.15, 0.2) is 24.3 Å². The zero-order valence-corrected chi connectivity index (χ0v) is 10.7. The molecule has 110 valence electrons. The number of rotatable bonds is 6. The van der Waals surface area contributed by atoms with E-state index in [0.717, 1.165) is 24.3 Å². The summed E-state index contributed by atoms with van der Waals surface area (Å²) in [6.07, 6.45) is -2.28. The van der Waals surface area contributed by atoms with Crippen LogP contribution in [0.5, 0.6) is 11.5 Å². The van der Waals surface area contributed by atoms with Gasteiger partial charge in [-0.1, -0.05) is 0 Å². The maximum absolute atomic E-state index is 11.1. The van der Waals surface area contributed by atoms with Crippen LogP contribution in [0.1, 0.15) is 0 Å². The van der Waals surface area contributed by atoms with Gasteiger partial charge in [0.25, 0.3) is 0 Å². The van der Waals surface area contributed by atoms with Gasteiger partial charge >= 0.3 is 19.5 Å². The predicted molar refractivity (Wildman–Crippen MR) is 63.6 cm³/mol. The van der Waals surface area contributed by atoms with Gasteiger partial charge in [0.2, 0.25) is 11.8 Å². The van der Waals surface area contributed by atoms with Gasteiger partial charge < -0.3 is 29.8 Å². The van der Waals surface area contributed by atoms with Crippen LogP contribution < -0.4 is 4.74 Å². The highest BCUT2D eigenvalue weighted by molar-refractivity contribution is 7.53. The highest BCUT2D eigenvalue weighted by Gasteiger charge is 2.48. The lowest BCUT2D eigenvalue weighted by Gasteiger charge is -2.22. The lowest BCUT2D eigenvalue weighted by molar-refractivity contribution is -0.151. The van der Waals surface area contributed by atoms with Crippen LogP contribution in [0.2, 0.25) is 0 Å². The number of carbonyl (C=O) groups is 2. The fourth-order valence-electron chi connectivity index (χ4n) is 1.37. The van der Waals surface area contributed by atoms with E-state index in [1.54, 1.807) is 0 Å². The largest absolute Gasteiger partial charge is 0.508 e. The summed E-state index contributed by atoms with van der Waals surface area (Å²) in [4.78, 5) is 39.7. The van der Waals surface area contributed by atoms with Crippen LogP contribution in [0.25, 0.3) is 0 Å². The van der Waals surface area contributed by atoms with Crippen LogP contribution in [-0.4, -0.2) is 48.8 Å². The van der Waals surface area contributed by atoms with E-state index in [0.29, 0.717) is 0 Å². The monoisotopic (exact) mass is 306 g/mol. The minimum Gasteiger partial charge on any atom is -0.508 e. The van der Waals surface area contributed by atoms with Crippen LogP contribution >= 0.6 is 7.60 Å². The van der Waals surface area contributed by atoms with Gasteiger partial charge in [-0.05, 0) is 24.3 Å². The molecule has 0 saturated carbocycles. The van der Waals surface area contributed by atoms with E-state index in [-0.39, 0.29) is 11.5 Å². The SMILES string of the molecule is O=C(O)C(Oc1ccc(O)cc1)C(C(=O)O)P(=O)(O)O. The number of phenols is 1. The number of carboxylic acids is 2. The third kappa shape index (κ3) is 3.95. The Morgan fingerprint density at radius 2 is 1.55 bits per heavy atom. The van der Waals surface area contributed by atoms with E-state index in [2.05, 4.69) is 0 Å². The van der Waals surface area contributed by atoms with Crippen molar-refractivity contribution < 1.29 is 44.0 Å². The normalized spacial score (nSPS) is 14.3. The first kappa shape index (κ1) is 16.0. The first-order valence-corrected chi connectivity index (χ1v) is 6.77. The number of carboxylic acid groups (broad SMARTS) is 2. The fraction of sp³-hybridized carbons (Fsp3) is 0.200. The van der Waals surface area contributed by atoms with Gasteiger partial charge in [-0.3, -0.25) is 9.36 Å². The molecule has 0 aliphatic rings. The van der Waals surface area contributed by atoms with Crippen molar-refractivity contribution in [2.24, 2.45) is 0 Å². The van der Waals surface area contributed by atoms with E-state index in [1.165, 1.54) is 0 Å². The Labute approximate surface area is 112 Å². The molecule has 0 aliphatic carbocycles. The standard InChI is InChI=1S/C10H11O9P/c11-5-1-3-6(4-2-5)19-7(9(12)13)8(10(14)15)20(16,17)18/h1-4,7-8,11H,(H,12,13)(H,14,15)(H2,16,17,18). The summed E-state index contributed by atoms with van der Waals surface area (Å²) in [5.41, 5.74) is -2.55. The van der Waals surface area contributed by atoms with Crippen molar-refractivity contribution >= 4 is 19.5 Å². The van der Waals surface area contributed by atoms with Crippen molar-refractivity contribution in [1.29, 1.82) is 0 Å². The first-order valence-electron chi connectivity index (χ1n) is 5.09. The zero-order valence-electron chi connectivity index (χ0n) is 9.78. The summed E-state index contributed by atoms with van der Waals surface area (Å²) < 4.78 is 15.9. The highest BCUT2D eigenvalue weighted by atomic mass is 31.2. The third-order valence-electron chi connectivity index (χ3n) is 2.25. The van der Waals surface area contributed by atoms with Crippen molar-refractivity contribution in [3.8, 4) is 11.5 Å². The van der Waals surface area contributed by atoms with Crippen LogP contribution in [0.3, 0.4) is 0 Å². The number of ether oxygens (including phenoxy) is 1. The van der Waals surface area contributed by atoms with Gasteiger partial charge in [0.1, 0.15) is 11.5 Å². The highest BCUT2D eigenvalue weighted by Crippen LogP contribution is 2.44. The molecular formula is C10H11O9P. The molecule has 0 aromatic heterocycles. The lowest BCUT2D eigenvalue weighted by atomic mass is 10.2. The fourth-order valence-corrected chi connectivity index (χ4v) is 2.20. The summed E-state index contributed by atoms with van der Waals surface area (Å²) in [5.74, 6) is -4.14. The molecule has 0 heterocycles. The quantitative estimate of drug-likeness (QED) is 0.450. The molecule has 1 aromatic carbocycles. The summed E-state index contributed by atoms with van der Waals surface area (Å²) >= 11 is 0. The number of phenolic OH excluding ortho intramolecular Hbond substituents is 1. The Hall–Kier alpha value is -2.09. The second-order valence-corrected chi connectivity index (χ2v) is 5.48. The molecule has 0 saturated heterocycles. The van der Waals surface area contributed by atoms with Crippen LogP contribution in [0.4, 0.5) is 0 Å². The van der Waals surface area contributed by atoms with Crippen molar-refractivity contribution in [3.05, 3.63) is 24.3 Å². The van der Waals surface area contributed by atoms with Gasteiger partial charge in [-0.2, -0.15) is 0 Å². The van der Waals surface area contributed by atoms with Crippen molar-refractivity contribution in [3.63, 3.8) is 0 Å². The zero-order chi connectivity index (χ0) is 15.5. The summed E-state index contributed by atoms with van der Waals surface area (Å²) in [6, 6.07) is 4.54. The van der Waals surface area contributed by atoms with Gasteiger partial charge in [-0.15, -0.1) is 0 Å². The Balaban J connectivity index is 3.10. The molecule has 1 rings (SSSR count). The topological polar surface area (TPSA) is 162 Å². The molecule has 20 heavy (non-hydrogen) atoms. The predicted octanol–water partition coefficient (Wildman–Crippen LogP) is -0.145. The van der Waals surface area contributed by atoms with E-state index in [4.69, 9.17) is 29.8 Å². The molecule has 0 spiro atoms. The second kappa shape index (κ2) is 5.91. The van der Waals surface area contributed by atoms with Crippen molar-refractivity contribution in [1.82, 2.24) is 0 Å². The van der Waals surface area contributed by atoms with Gasteiger partial charge in [0.05, 0.1) is 0 Å². The first-order chi connectivity index (χ1) is 9.12. The number of aromatic hydroxyl groups is 1. The molecule has 0 radical (unpaired) electrons. The van der Waals surface area contributed by atoms with Crippen molar-refractivity contribution in [2.45, 2.75) is 11.8 Å². The number of hydrogen-bond donors (Lipinski definition) is 5. The molecule has 0 bridgehead atoms. The molecule has 2 unspecified atom stereocenters. The van der Waals surface area contributed by atoms with Crippen LogP contribution in [-0.2, 0) is 14.2 Å². The number of benzene rings is 1. The molecule has 2 atom stereocenters. The second-order valence-electron chi connectivity index (χ2n) is 3.74. The minimum atomic E-state index is -5.24.